The van der Waals surface area contributed by atoms with Gasteiger partial charge in [0.1, 0.15) is 0 Å². The summed E-state index contributed by atoms with van der Waals surface area (Å²) < 4.78 is 5.06. The Hall–Kier alpha value is -1.62. The van der Waals surface area contributed by atoms with Crippen LogP contribution in [0, 0.1) is 0 Å². The first kappa shape index (κ1) is 16.7. The van der Waals surface area contributed by atoms with Gasteiger partial charge in [0.15, 0.2) is 0 Å². The van der Waals surface area contributed by atoms with Crippen LogP contribution >= 0.6 is 0 Å². The number of unbranched alkanes of at least 4 members (excludes halogenated alkanes) is 1. The fourth-order valence-electron chi connectivity index (χ4n) is 2.94. The molecule has 5 heteroatoms. The summed E-state index contributed by atoms with van der Waals surface area (Å²) in [6, 6.07) is 3.67. The second-order valence-corrected chi connectivity index (χ2v) is 5.86. The van der Waals surface area contributed by atoms with Crippen LogP contribution in [0.2, 0.25) is 0 Å². The number of carbonyl (C=O) groups excluding carboxylic acids is 1. The van der Waals surface area contributed by atoms with Gasteiger partial charge < -0.3 is 9.64 Å². The Balaban J connectivity index is 2.06. The number of likely N-dealkylation sites (tertiary alicyclic amines) is 1. The maximum atomic E-state index is 12.9. The number of hydrogen-bond acceptors (Lipinski definition) is 4. The third-order valence-corrected chi connectivity index (χ3v) is 4.35. The van der Waals surface area contributed by atoms with Gasteiger partial charge in [0.25, 0.3) is 0 Å². The maximum Gasteiger partial charge on any atom is 0.244 e. The van der Waals surface area contributed by atoms with Gasteiger partial charge in [-0.2, -0.15) is 0 Å². The van der Waals surface area contributed by atoms with E-state index in [9.17, 15) is 4.79 Å². The Morgan fingerprint density at radius 3 is 2.91 bits per heavy atom. The number of amides is 1. The molecule has 0 aliphatic carbocycles. The average molecular weight is 305 g/mol. The molecule has 122 valence electrons. The van der Waals surface area contributed by atoms with E-state index in [4.69, 9.17) is 4.74 Å². The minimum Gasteiger partial charge on any atom is -0.481 e. The summed E-state index contributed by atoms with van der Waals surface area (Å²) in [4.78, 5) is 21.1. The van der Waals surface area contributed by atoms with E-state index in [0.29, 0.717) is 5.88 Å². The predicted octanol–water partition coefficient (Wildman–Crippen LogP) is 2.71. The Morgan fingerprint density at radius 2 is 2.27 bits per heavy atom. The number of anilines is 1. The SMILES string of the molecule is CCCCN1CCCC[C@H]1C(=O)N(C)c1ccc(OC)nc1. The van der Waals surface area contributed by atoms with Gasteiger partial charge in [0, 0.05) is 13.1 Å². The standard InChI is InChI=1S/C17H27N3O2/c1-4-5-11-20-12-7-6-8-15(20)17(21)19(2)14-9-10-16(22-3)18-13-14/h9-10,13,15H,4-8,11-12H2,1-3H3/t15-/m0/s1. The molecule has 1 amide bonds. The molecule has 0 N–H and O–H groups in total. The van der Waals surface area contributed by atoms with Crippen LogP contribution in [-0.4, -0.2) is 49.1 Å². The Bertz CT molecular complexity index is 475. The highest BCUT2D eigenvalue weighted by Gasteiger charge is 2.30. The lowest BCUT2D eigenvalue weighted by atomic mass is 10.0. The molecule has 0 aromatic carbocycles. The lowest BCUT2D eigenvalue weighted by Gasteiger charge is -2.36. The third kappa shape index (κ3) is 3.97. The Kier molecular flexibility index (Phi) is 6.19. The molecule has 0 saturated carbocycles. The monoisotopic (exact) mass is 305 g/mol. The van der Waals surface area contributed by atoms with Gasteiger partial charge >= 0.3 is 0 Å². The summed E-state index contributed by atoms with van der Waals surface area (Å²) in [5, 5.41) is 0. The van der Waals surface area contributed by atoms with Crippen molar-refractivity contribution in [3.05, 3.63) is 18.3 Å². The number of hydrogen-bond donors (Lipinski definition) is 0. The van der Waals surface area contributed by atoms with Crippen molar-refractivity contribution in [2.45, 2.75) is 45.1 Å². The van der Waals surface area contributed by atoms with Crippen LogP contribution in [0.5, 0.6) is 5.88 Å². The molecular weight excluding hydrogens is 278 g/mol. The molecule has 1 aromatic heterocycles. The Labute approximate surface area is 133 Å². The van der Waals surface area contributed by atoms with Crippen LogP contribution in [0.1, 0.15) is 39.0 Å². The molecule has 1 aliphatic heterocycles. The molecule has 0 radical (unpaired) electrons. The largest absolute Gasteiger partial charge is 0.481 e. The molecule has 1 fully saturated rings. The number of nitrogens with zero attached hydrogens (tertiary/aromatic N) is 3. The minimum atomic E-state index is 0.00685. The molecule has 5 nitrogen and oxygen atoms in total. The second-order valence-electron chi connectivity index (χ2n) is 5.86. The first-order valence-corrected chi connectivity index (χ1v) is 8.19. The fraction of sp³-hybridized carbons (Fsp3) is 0.647. The van der Waals surface area contributed by atoms with Crippen LogP contribution in [0.4, 0.5) is 5.69 Å². The van der Waals surface area contributed by atoms with E-state index in [1.165, 1.54) is 6.42 Å². The normalized spacial score (nSPS) is 19.0. The van der Waals surface area contributed by atoms with E-state index >= 15 is 0 Å². The lowest BCUT2D eigenvalue weighted by molar-refractivity contribution is -0.124. The van der Waals surface area contributed by atoms with Crippen LogP contribution < -0.4 is 9.64 Å². The summed E-state index contributed by atoms with van der Waals surface area (Å²) >= 11 is 0. The number of methoxy groups -OCH3 is 1. The molecule has 2 heterocycles. The molecule has 0 bridgehead atoms. The van der Waals surface area contributed by atoms with Crippen molar-refractivity contribution in [2.24, 2.45) is 0 Å². The molecule has 1 atom stereocenters. The predicted molar refractivity (Wildman–Crippen MR) is 88.3 cm³/mol. The number of aromatic nitrogens is 1. The summed E-state index contributed by atoms with van der Waals surface area (Å²) in [5.41, 5.74) is 0.812. The zero-order valence-electron chi connectivity index (χ0n) is 13.9. The number of pyridine rings is 1. The quantitative estimate of drug-likeness (QED) is 0.810. The van der Waals surface area contributed by atoms with Crippen LogP contribution in [0.25, 0.3) is 0 Å². The first-order valence-electron chi connectivity index (χ1n) is 8.19. The van der Waals surface area contributed by atoms with Gasteiger partial charge in [0.05, 0.1) is 25.0 Å². The van der Waals surface area contributed by atoms with E-state index in [1.807, 2.05) is 13.1 Å². The second kappa shape index (κ2) is 8.13. The van der Waals surface area contributed by atoms with Crippen LogP contribution in [0.15, 0.2) is 18.3 Å². The van der Waals surface area contributed by atoms with Gasteiger partial charge in [-0.25, -0.2) is 4.98 Å². The average Bonchev–Trinajstić information content (AvgIpc) is 2.59. The van der Waals surface area contributed by atoms with Gasteiger partial charge in [-0.1, -0.05) is 19.8 Å². The van der Waals surface area contributed by atoms with E-state index < -0.39 is 0 Å². The van der Waals surface area contributed by atoms with Crippen molar-refractivity contribution >= 4 is 11.6 Å². The highest BCUT2D eigenvalue weighted by Crippen LogP contribution is 2.22. The molecular formula is C17H27N3O2. The van der Waals surface area contributed by atoms with Gasteiger partial charge in [-0.3, -0.25) is 9.69 Å². The highest BCUT2D eigenvalue weighted by molar-refractivity contribution is 5.96. The van der Waals surface area contributed by atoms with Crippen molar-refractivity contribution in [1.29, 1.82) is 0 Å². The van der Waals surface area contributed by atoms with Gasteiger partial charge in [-0.05, 0) is 38.4 Å². The van der Waals surface area contributed by atoms with Crippen LogP contribution in [-0.2, 0) is 4.79 Å². The summed E-state index contributed by atoms with van der Waals surface area (Å²) in [6.45, 7) is 4.24. The number of piperidine rings is 1. The smallest absolute Gasteiger partial charge is 0.244 e. The number of ether oxygens (including phenoxy) is 1. The molecule has 1 aliphatic rings. The topological polar surface area (TPSA) is 45.7 Å². The maximum absolute atomic E-state index is 12.9. The molecule has 1 saturated heterocycles. The molecule has 22 heavy (non-hydrogen) atoms. The van der Waals surface area contributed by atoms with Gasteiger partial charge in [-0.15, -0.1) is 0 Å². The number of rotatable bonds is 6. The van der Waals surface area contributed by atoms with Crippen molar-refractivity contribution < 1.29 is 9.53 Å². The summed E-state index contributed by atoms with van der Waals surface area (Å²) in [5.74, 6) is 0.731. The van der Waals surface area contributed by atoms with E-state index in [0.717, 1.165) is 44.5 Å². The van der Waals surface area contributed by atoms with E-state index in [1.54, 1.807) is 24.3 Å². The summed E-state index contributed by atoms with van der Waals surface area (Å²) in [6.07, 6.45) is 7.29. The zero-order chi connectivity index (χ0) is 15.9. The van der Waals surface area contributed by atoms with Gasteiger partial charge in [0.2, 0.25) is 11.8 Å². The highest BCUT2D eigenvalue weighted by atomic mass is 16.5. The fourth-order valence-corrected chi connectivity index (χ4v) is 2.94. The molecule has 2 rings (SSSR count). The van der Waals surface area contributed by atoms with Crippen molar-refractivity contribution in [2.75, 3.05) is 32.1 Å². The number of carbonyl (C=O) groups is 1. The van der Waals surface area contributed by atoms with E-state index in [2.05, 4.69) is 16.8 Å². The third-order valence-electron chi connectivity index (χ3n) is 4.35. The van der Waals surface area contributed by atoms with Crippen LogP contribution in [0.3, 0.4) is 0 Å². The van der Waals surface area contributed by atoms with Crippen molar-refractivity contribution in [3.63, 3.8) is 0 Å². The lowest BCUT2D eigenvalue weighted by Crippen LogP contribution is -2.50. The first-order chi connectivity index (χ1) is 10.7. The van der Waals surface area contributed by atoms with E-state index in [-0.39, 0.29) is 11.9 Å². The van der Waals surface area contributed by atoms with Crippen molar-refractivity contribution in [1.82, 2.24) is 9.88 Å². The molecule has 1 aromatic rings. The molecule has 0 unspecified atom stereocenters. The zero-order valence-corrected chi connectivity index (χ0v) is 13.9. The molecule has 0 spiro atoms. The Morgan fingerprint density at radius 1 is 1.45 bits per heavy atom. The number of likely N-dealkylation sites (N-methyl/N-ethyl adjacent to an activating group) is 1. The minimum absolute atomic E-state index is 0.00685. The summed E-state index contributed by atoms with van der Waals surface area (Å²) in [7, 11) is 3.42. The van der Waals surface area contributed by atoms with Crippen molar-refractivity contribution in [3.8, 4) is 5.88 Å².